The Balaban J connectivity index is 1.76. The molecule has 0 saturated carbocycles. The lowest BCUT2D eigenvalue weighted by Crippen LogP contribution is -2.26. The third kappa shape index (κ3) is 3.74. The van der Waals surface area contributed by atoms with E-state index in [0.29, 0.717) is 17.0 Å². The highest BCUT2D eigenvalue weighted by Gasteiger charge is 2.14. The van der Waals surface area contributed by atoms with Gasteiger partial charge in [-0.25, -0.2) is 9.18 Å². The zero-order valence-corrected chi connectivity index (χ0v) is 13.2. The van der Waals surface area contributed by atoms with Gasteiger partial charge in [0, 0.05) is 5.56 Å². The molecular formula is C17H14FN3O4. The third-order valence-corrected chi connectivity index (χ3v) is 3.37. The number of benzene rings is 2. The van der Waals surface area contributed by atoms with Crippen molar-refractivity contribution < 1.29 is 18.3 Å². The van der Waals surface area contributed by atoms with Gasteiger partial charge in [0.05, 0.1) is 12.8 Å². The first-order valence-electron chi connectivity index (χ1n) is 7.33. The van der Waals surface area contributed by atoms with Crippen LogP contribution in [0.2, 0.25) is 0 Å². The van der Waals surface area contributed by atoms with Crippen molar-refractivity contribution in [3.63, 3.8) is 0 Å². The van der Waals surface area contributed by atoms with Gasteiger partial charge in [-0.3, -0.25) is 4.79 Å². The van der Waals surface area contributed by atoms with Crippen molar-refractivity contribution >= 4 is 11.6 Å². The monoisotopic (exact) mass is 343 g/mol. The molecule has 0 unspecified atom stereocenters. The molecule has 0 radical (unpaired) electrons. The molecule has 0 atom stereocenters. The minimum absolute atomic E-state index is 0.00934. The number of nitrogens with one attached hydrogen (secondary N) is 1. The van der Waals surface area contributed by atoms with Crippen LogP contribution in [0.3, 0.4) is 0 Å². The number of nitrogens with zero attached hydrogens (tertiary/aromatic N) is 2. The fourth-order valence-electron chi connectivity index (χ4n) is 2.19. The molecule has 3 rings (SSSR count). The van der Waals surface area contributed by atoms with Gasteiger partial charge in [-0.05, 0) is 36.4 Å². The molecule has 1 heterocycles. The predicted molar refractivity (Wildman–Crippen MR) is 87.8 cm³/mol. The maximum absolute atomic E-state index is 12.9. The van der Waals surface area contributed by atoms with Crippen LogP contribution in [0.4, 0.5) is 10.1 Å². The van der Waals surface area contributed by atoms with Crippen LogP contribution in [0.25, 0.3) is 11.5 Å². The molecule has 8 heteroatoms. The van der Waals surface area contributed by atoms with E-state index >= 15 is 0 Å². The zero-order valence-electron chi connectivity index (χ0n) is 13.2. The van der Waals surface area contributed by atoms with Crippen molar-refractivity contribution in [2.75, 3.05) is 12.4 Å². The van der Waals surface area contributed by atoms with Gasteiger partial charge in [0.15, 0.2) is 0 Å². The molecule has 0 saturated heterocycles. The Bertz CT molecular complexity index is 947. The number of hydrogen-bond acceptors (Lipinski definition) is 5. The van der Waals surface area contributed by atoms with Crippen molar-refractivity contribution in [3.8, 4) is 17.2 Å². The molecule has 1 N–H and O–H groups in total. The Morgan fingerprint density at radius 1 is 1.24 bits per heavy atom. The minimum atomic E-state index is -0.783. The second-order valence-electron chi connectivity index (χ2n) is 5.09. The second-order valence-corrected chi connectivity index (χ2v) is 5.09. The van der Waals surface area contributed by atoms with Crippen molar-refractivity contribution in [2.45, 2.75) is 6.54 Å². The van der Waals surface area contributed by atoms with E-state index in [1.54, 1.807) is 24.3 Å². The molecular weight excluding hydrogens is 329 g/mol. The number of anilines is 1. The molecule has 0 bridgehead atoms. The molecule has 1 amide bonds. The molecule has 25 heavy (non-hydrogen) atoms. The molecule has 1 aromatic heterocycles. The van der Waals surface area contributed by atoms with E-state index in [-0.39, 0.29) is 12.4 Å². The zero-order chi connectivity index (χ0) is 17.8. The van der Waals surface area contributed by atoms with Gasteiger partial charge in [0.2, 0.25) is 11.8 Å². The molecule has 128 valence electrons. The molecule has 3 aromatic rings. The van der Waals surface area contributed by atoms with Crippen molar-refractivity contribution in [3.05, 3.63) is 64.9 Å². The summed E-state index contributed by atoms with van der Waals surface area (Å²) in [5.41, 5.74) is 0.910. The Labute approximate surface area is 141 Å². The van der Waals surface area contributed by atoms with Crippen LogP contribution in [0.1, 0.15) is 0 Å². The molecule has 0 aliphatic carbocycles. The highest BCUT2D eigenvalue weighted by atomic mass is 19.1. The number of rotatable bonds is 5. The van der Waals surface area contributed by atoms with E-state index in [4.69, 9.17) is 9.15 Å². The molecule has 0 aliphatic heterocycles. The average molecular weight is 343 g/mol. The van der Waals surface area contributed by atoms with E-state index in [9.17, 15) is 14.0 Å². The second kappa shape index (κ2) is 7.00. The fraction of sp³-hybridized carbons (Fsp3) is 0.118. The van der Waals surface area contributed by atoms with Gasteiger partial charge in [-0.2, -0.15) is 4.68 Å². The van der Waals surface area contributed by atoms with Crippen molar-refractivity contribution in [1.82, 2.24) is 9.78 Å². The summed E-state index contributed by atoms with van der Waals surface area (Å²) in [6.07, 6.45) is 0. The predicted octanol–water partition coefficient (Wildman–Crippen LogP) is 2.29. The van der Waals surface area contributed by atoms with Gasteiger partial charge in [-0.15, -0.1) is 5.10 Å². The van der Waals surface area contributed by atoms with Crippen LogP contribution in [0.15, 0.2) is 57.7 Å². The number of aromatic nitrogens is 2. The SMILES string of the molecule is COc1ccccc1NC(=O)Cn1nc(-c2ccc(F)cc2)oc1=O. The lowest BCUT2D eigenvalue weighted by Gasteiger charge is -2.09. The topological polar surface area (TPSA) is 86.4 Å². The highest BCUT2D eigenvalue weighted by molar-refractivity contribution is 5.92. The standard InChI is InChI=1S/C17H14FN3O4/c1-24-14-5-3-2-4-13(14)19-15(22)10-21-17(23)25-16(20-21)11-6-8-12(18)9-7-11/h2-9H,10H2,1H3,(H,19,22). The van der Waals surface area contributed by atoms with Gasteiger partial charge < -0.3 is 14.5 Å². The quantitative estimate of drug-likeness (QED) is 0.768. The van der Waals surface area contributed by atoms with Gasteiger partial charge >= 0.3 is 5.76 Å². The number of ether oxygens (including phenoxy) is 1. The van der Waals surface area contributed by atoms with E-state index in [2.05, 4.69) is 10.4 Å². The van der Waals surface area contributed by atoms with Gasteiger partial charge in [-0.1, -0.05) is 12.1 Å². The molecule has 0 spiro atoms. The number of carbonyl (C=O) groups is 1. The first-order chi connectivity index (χ1) is 12.1. The summed E-state index contributed by atoms with van der Waals surface area (Å²) in [6.45, 7) is -0.332. The molecule has 7 nitrogen and oxygen atoms in total. The average Bonchev–Trinajstić information content (AvgIpc) is 2.96. The normalized spacial score (nSPS) is 10.5. The minimum Gasteiger partial charge on any atom is -0.495 e. The maximum Gasteiger partial charge on any atom is 0.437 e. The number of carbonyl (C=O) groups excluding carboxylic acids is 1. The smallest absolute Gasteiger partial charge is 0.437 e. The Kier molecular flexibility index (Phi) is 4.60. The summed E-state index contributed by atoms with van der Waals surface area (Å²) < 4.78 is 24.0. The van der Waals surface area contributed by atoms with Crippen molar-refractivity contribution in [1.29, 1.82) is 0 Å². The number of halogens is 1. The lowest BCUT2D eigenvalue weighted by molar-refractivity contribution is -0.117. The van der Waals surface area contributed by atoms with E-state index in [1.165, 1.54) is 31.4 Å². The number of hydrogen-bond donors (Lipinski definition) is 1. The van der Waals surface area contributed by atoms with Gasteiger partial charge in [0.25, 0.3) is 0 Å². The van der Waals surface area contributed by atoms with Crippen LogP contribution < -0.4 is 15.8 Å². The van der Waals surface area contributed by atoms with E-state index in [1.807, 2.05) is 0 Å². The Morgan fingerprint density at radius 2 is 1.96 bits per heavy atom. The third-order valence-electron chi connectivity index (χ3n) is 3.37. The van der Waals surface area contributed by atoms with Crippen LogP contribution in [0, 0.1) is 5.82 Å². The van der Waals surface area contributed by atoms with Crippen LogP contribution in [0.5, 0.6) is 5.75 Å². The van der Waals surface area contributed by atoms with Gasteiger partial charge in [0.1, 0.15) is 18.1 Å². The summed E-state index contributed by atoms with van der Waals surface area (Å²) in [6, 6.07) is 12.2. The van der Waals surface area contributed by atoms with Crippen LogP contribution >= 0.6 is 0 Å². The number of methoxy groups -OCH3 is 1. The Hall–Kier alpha value is -3.42. The summed E-state index contributed by atoms with van der Waals surface area (Å²) in [4.78, 5) is 24.0. The van der Waals surface area contributed by atoms with Crippen molar-refractivity contribution in [2.24, 2.45) is 0 Å². The fourth-order valence-corrected chi connectivity index (χ4v) is 2.19. The first kappa shape index (κ1) is 16.4. The number of para-hydroxylation sites is 2. The first-order valence-corrected chi connectivity index (χ1v) is 7.33. The summed E-state index contributed by atoms with van der Waals surface area (Å²) in [7, 11) is 1.49. The summed E-state index contributed by atoms with van der Waals surface area (Å²) in [5, 5.41) is 6.60. The van der Waals surface area contributed by atoms with Crippen LogP contribution in [-0.4, -0.2) is 22.8 Å². The molecule has 0 aliphatic rings. The van der Waals surface area contributed by atoms with E-state index in [0.717, 1.165) is 4.68 Å². The largest absolute Gasteiger partial charge is 0.495 e. The van der Waals surface area contributed by atoms with E-state index < -0.39 is 17.5 Å². The maximum atomic E-state index is 12.9. The number of amides is 1. The molecule has 0 fully saturated rings. The Morgan fingerprint density at radius 3 is 2.68 bits per heavy atom. The highest BCUT2D eigenvalue weighted by Crippen LogP contribution is 2.23. The summed E-state index contributed by atoms with van der Waals surface area (Å²) >= 11 is 0. The summed E-state index contributed by atoms with van der Waals surface area (Å²) in [5.74, 6) is -1.16. The lowest BCUT2D eigenvalue weighted by atomic mass is 10.2. The van der Waals surface area contributed by atoms with Crippen LogP contribution in [-0.2, 0) is 11.3 Å². The molecule has 2 aromatic carbocycles.